The van der Waals surface area contributed by atoms with Crippen molar-refractivity contribution in [1.82, 2.24) is 9.88 Å². The van der Waals surface area contributed by atoms with Crippen LogP contribution in [0.1, 0.15) is 22.2 Å². The highest BCUT2D eigenvalue weighted by molar-refractivity contribution is 7.09. The van der Waals surface area contributed by atoms with E-state index in [1.807, 2.05) is 42.6 Å². The SMILES string of the molecule is Cc1nc(CN(C)C(=O)C(CN)c2ccccc2)cs1. The molecule has 0 spiro atoms. The van der Waals surface area contributed by atoms with Crippen molar-refractivity contribution < 1.29 is 4.79 Å². The van der Waals surface area contributed by atoms with E-state index >= 15 is 0 Å². The molecule has 0 aliphatic rings. The number of hydrogen-bond acceptors (Lipinski definition) is 4. The largest absolute Gasteiger partial charge is 0.339 e. The molecule has 1 unspecified atom stereocenters. The second-order valence-corrected chi connectivity index (χ2v) is 5.81. The van der Waals surface area contributed by atoms with Gasteiger partial charge in [-0.2, -0.15) is 0 Å². The first-order valence-electron chi connectivity index (χ1n) is 6.52. The summed E-state index contributed by atoms with van der Waals surface area (Å²) in [6, 6.07) is 9.67. The van der Waals surface area contributed by atoms with Crippen molar-refractivity contribution >= 4 is 17.2 Å². The molecule has 0 aliphatic carbocycles. The molecule has 4 nitrogen and oxygen atoms in total. The lowest BCUT2D eigenvalue weighted by molar-refractivity contribution is -0.131. The Labute approximate surface area is 123 Å². The molecule has 106 valence electrons. The van der Waals surface area contributed by atoms with Crippen molar-refractivity contribution in [2.75, 3.05) is 13.6 Å². The van der Waals surface area contributed by atoms with Gasteiger partial charge in [0.05, 0.1) is 23.2 Å². The van der Waals surface area contributed by atoms with E-state index in [0.717, 1.165) is 16.3 Å². The zero-order valence-corrected chi connectivity index (χ0v) is 12.6. The third-order valence-corrected chi connectivity index (χ3v) is 4.00. The molecular weight excluding hydrogens is 270 g/mol. The highest BCUT2D eigenvalue weighted by Gasteiger charge is 2.22. The molecule has 1 aromatic heterocycles. The van der Waals surface area contributed by atoms with Crippen molar-refractivity contribution in [3.05, 3.63) is 52.0 Å². The van der Waals surface area contributed by atoms with E-state index in [9.17, 15) is 4.79 Å². The molecule has 2 aromatic rings. The molecule has 2 N–H and O–H groups in total. The highest BCUT2D eigenvalue weighted by Crippen LogP contribution is 2.18. The zero-order valence-electron chi connectivity index (χ0n) is 11.7. The number of hydrogen-bond donors (Lipinski definition) is 1. The Morgan fingerprint density at radius 3 is 2.65 bits per heavy atom. The van der Waals surface area contributed by atoms with Gasteiger partial charge in [-0.05, 0) is 12.5 Å². The molecule has 0 bridgehead atoms. The van der Waals surface area contributed by atoms with Gasteiger partial charge in [-0.15, -0.1) is 11.3 Å². The first-order chi connectivity index (χ1) is 9.61. The van der Waals surface area contributed by atoms with Crippen molar-refractivity contribution in [3.8, 4) is 0 Å². The van der Waals surface area contributed by atoms with Gasteiger partial charge < -0.3 is 10.6 Å². The predicted octanol–water partition coefficient (Wildman–Crippen LogP) is 2.15. The van der Waals surface area contributed by atoms with Crippen molar-refractivity contribution in [2.24, 2.45) is 5.73 Å². The summed E-state index contributed by atoms with van der Waals surface area (Å²) in [5.74, 6) is -0.259. The molecule has 5 heteroatoms. The summed E-state index contributed by atoms with van der Waals surface area (Å²) in [6.07, 6.45) is 0. The smallest absolute Gasteiger partial charge is 0.231 e. The van der Waals surface area contributed by atoms with Gasteiger partial charge in [0.1, 0.15) is 0 Å². The van der Waals surface area contributed by atoms with E-state index in [-0.39, 0.29) is 11.8 Å². The summed E-state index contributed by atoms with van der Waals surface area (Å²) in [5.41, 5.74) is 7.66. The quantitative estimate of drug-likeness (QED) is 0.917. The van der Waals surface area contributed by atoms with Crippen LogP contribution in [0.4, 0.5) is 0 Å². The van der Waals surface area contributed by atoms with Gasteiger partial charge >= 0.3 is 0 Å². The van der Waals surface area contributed by atoms with Gasteiger partial charge in [-0.3, -0.25) is 4.79 Å². The summed E-state index contributed by atoms with van der Waals surface area (Å²) >= 11 is 1.59. The summed E-state index contributed by atoms with van der Waals surface area (Å²) < 4.78 is 0. The van der Waals surface area contributed by atoms with Gasteiger partial charge in [0.2, 0.25) is 5.91 Å². The Hall–Kier alpha value is -1.72. The Morgan fingerprint density at radius 1 is 1.40 bits per heavy atom. The average molecular weight is 289 g/mol. The number of benzene rings is 1. The minimum Gasteiger partial charge on any atom is -0.339 e. The third kappa shape index (κ3) is 3.43. The minimum atomic E-state index is -0.291. The molecule has 0 saturated carbocycles. The van der Waals surface area contributed by atoms with Crippen LogP contribution in [0.15, 0.2) is 35.7 Å². The van der Waals surface area contributed by atoms with Gasteiger partial charge in [-0.1, -0.05) is 30.3 Å². The maximum Gasteiger partial charge on any atom is 0.231 e. The maximum absolute atomic E-state index is 12.5. The third-order valence-electron chi connectivity index (χ3n) is 3.18. The number of aryl methyl sites for hydroxylation is 1. The van der Waals surface area contributed by atoms with Gasteiger partial charge in [0.25, 0.3) is 0 Å². The van der Waals surface area contributed by atoms with E-state index < -0.39 is 0 Å². The van der Waals surface area contributed by atoms with Gasteiger partial charge in [-0.25, -0.2) is 4.98 Å². The summed E-state index contributed by atoms with van der Waals surface area (Å²) in [6.45, 7) is 2.79. The molecule has 20 heavy (non-hydrogen) atoms. The molecule has 0 saturated heterocycles. The van der Waals surface area contributed by atoms with Crippen LogP contribution in [0, 0.1) is 6.92 Å². The molecule has 1 amide bonds. The van der Waals surface area contributed by atoms with Crippen LogP contribution in [0.5, 0.6) is 0 Å². The lowest BCUT2D eigenvalue weighted by Gasteiger charge is -2.22. The maximum atomic E-state index is 12.5. The van der Waals surface area contributed by atoms with E-state index in [0.29, 0.717) is 13.1 Å². The number of rotatable bonds is 5. The lowest BCUT2D eigenvalue weighted by atomic mass is 9.98. The Kier molecular flexibility index (Phi) is 4.87. The zero-order chi connectivity index (χ0) is 14.5. The molecular formula is C15H19N3OS. The predicted molar refractivity (Wildman–Crippen MR) is 81.6 cm³/mol. The van der Waals surface area contributed by atoms with Crippen LogP contribution in [0.3, 0.4) is 0 Å². The average Bonchev–Trinajstić information content (AvgIpc) is 2.86. The second kappa shape index (κ2) is 6.63. The lowest BCUT2D eigenvalue weighted by Crippen LogP contribution is -2.34. The number of amides is 1. The Bertz CT molecular complexity index is 568. The standard InChI is InChI=1S/C15H19N3OS/c1-11-17-13(10-20-11)9-18(2)15(19)14(8-16)12-6-4-3-5-7-12/h3-7,10,14H,8-9,16H2,1-2H3. The van der Waals surface area contributed by atoms with Crippen molar-refractivity contribution in [2.45, 2.75) is 19.4 Å². The van der Waals surface area contributed by atoms with Crippen LogP contribution < -0.4 is 5.73 Å². The molecule has 1 heterocycles. The number of aromatic nitrogens is 1. The minimum absolute atomic E-state index is 0.0318. The molecule has 1 atom stereocenters. The highest BCUT2D eigenvalue weighted by atomic mass is 32.1. The fourth-order valence-electron chi connectivity index (χ4n) is 2.13. The van der Waals surface area contributed by atoms with Crippen LogP contribution in [-0.4, -0.2) is 29.4 Å². The van der Waals surface area contributed by atoms with Gasteiger partial charge in [0.15, 0.2) is 0 Å². The fourth-order valence-corrected chi connectivity index (χ4v) is 2.74. The first-order valence-corrected chi connectivity index (χ1v) is 7.40. The molecule has 2 rings (SSSR count). The Morgan fingerprint density at radius 2 is 2.10 bits per heavy atom. The summed E-state index contributed by atoms with van der Waals surface area (Å²) in [7, 11) is 1.79. The number of thiazole rings is 1. The van der Waals surface area contributed by atoms with Crippen LogP contribution in [0.25, 0.3) is 0 Å². The summed E-state index contributed by atoms with van der Waals surface area (Å²) in [5, 5.41) is 3.00. The molecule has 1 aromatic carbocycles. The second-order valence-electron chi connectivity index (χ2n) is 4.75. The van der Waals surface area contributed by atoms with E-state index in [1.165, 1.54) is 0 Å². The number of nitrogens with zero attached hydrogens (tertiary/aromatic N) is 2. The normalized spacial score (nSPS) is 12.2. The van der Waals surface area contributed by atoms with Crippen molar-refractivity contribution in [3.63, 3.8) is 0 Å². The monoisotopic (exact) mass is 289 g/mol. The number of carbonyl (C=O) groups excluding carboxylic acids is 1. The van der Waals surface area contributed by atoms with E-state index in [1.54, 1.807) is 23.3 Å². The summed E-state index contributed by atoms with van der Waals surface area (Å²) in [4.78, 5) is 18.6. The Balaban J connectivity index is 2.08. The van der Waals surface area contributed by atoms with Crippen LogP contribution >= 0.6 is 11.3 Å². The van der Waals surface area contributed by atoms with Crippen LogP contribution in [0.2, 0.25) is 0 Å². The van der Waals surface area contributed by atoms with E-state index in [2.05, 4.69) is 4.98 Å². The van der Waals surface area contributed by atoms with Crippen molar-refractivity contribution in [1.29, 1.82) is 0 Å². The number of likely N-dealkylation sites (N-methyl/N-ethyl adjacent to an activating group) is 1. The van der Waals surface area contributed by atoms with Gasteiger partial charge in [0, 0.05) is 19.0 Å². The fraction of sp³-hybridized carbons (Fsp3) is 0.333. The van der Waals surface area contributed by atoms with E-state index in [4.69, 9.17) is 5.73 Å². The molecule has 0 radical (unpaired) electrons. The molecule has 0 aliphatic heterocycles. The number of nitrogens with two attached hydrogens (primary N) is 1. The van der Waals surface area contributed by atoms with Crippen LogP contribution in [-0.2, 0) is 11.3 Å². The molecule has 0 fully saturated rings. The first kappa shape index (κ1) is 14.7. The topological polar surface area (TPSA) is 59.2 Å². The number of carbonyl (C=O) groups is 1.